The van der Waals surface area contributed by atoms with Crippen LogP contribution in [-0.2, 0) is 4.79 Å². The van der Waals surface area contributed by atoms with E-state index in [1.54, 1.807) is 6.92 Å². The molecular formula is C10H15N3O3S. The predicted octanol–water partition coefficient (Wildman–Crippen LogP) is 0.233. The third kappa shape index (κ3) is 4.58. The Morgan fingerprint density at radius 1 is 1.71 bits per heavy atom. The minimum absolute atomic E-state index is 0.227. The summed E-state index contributed by atoms with van der Waals surface area (Å²) >= 11 is 1.22. The SMILES string of the molecule is CCNC(CSc1nc(C)cc(=O)[nH]1)C(=O)O. The molecule has 0 fully saturated rings. The minimum Gasteiger partial charge on any atom is -0.480 e. The van der Waals surface area contributed by atoms with Crippen molar-refractivity contribution in [2.24, 2.45) is 0 Å². The van der Waals surface area contributed by atoms with E-state index in [4.69, 9.17) is 5.11 Å². The molecule has 0 aromatic carbocycles. The molecule has 0 radical (unpaired) electrons. The molecule has 1 rings (SSSR count). The fourth-order valence-corrected chi connectivity index (χ4v) is 2.21. The number of carboxylic acids is 1. The van der Waals surface area contributed by atoms with E-state index in [0.29, 0.717) is 23.1 Å². The Bertz CT molecular complexity index is 447. The van der Waals surface area contributed by atoms with Gasteiger partial charge in [0.2, 0.25) is 0 Å². The molecule has 0 amide bonds. The average molecular weight is 257 g/mol. The molecule has 7 heteroatoms. The molecule has 1 aromatic heterocycles. The highest BCUT2D eigenvalue weighted by molar-refractivity contribution is 7.99. The summed E-state index contributed by atoms with van der Waals surface area (Å²) in [4.78, 5) is 28.7. The van der Waals surface area contributed by atoms with Gasteiger partial charge in [-0.3, -0.25) is 9.59 Å². The number of nitrogens with one attached hydrogen (secondary N) is 2. The summed E-state index contributed by atoms with van der Waals surface area (Å²) < 4.78 is 0. The number of likely N-dealkylation sites (N-methyl/N-ethyl adjacent to an activating group) is 1. The number of H-pyrrole nitrogens is 1. The van der Waals surface area contributed by atoms with Crippen LogP contribution < -0.4 is 10.9 Å². The molecule has 0 aliphatic heterocycles. The first-order valence-corrected chi connectivity index (χ1v) is 6.18. The number of carbonyl (C=O) groups is 1. The summed E-state index contributed by atoms with van der Waals surface area (Å²) in [6, 6.07) is 0.749. The van der Waals surface area contributed by atoms with Crippen molar-refractivity contribution in [3.8, 4) is 0 Å². The number of aromatic amines is 1. The van der Waals surface area contributed by atoms with E-state index >= 15 is 0 Å². The van der Waals surface area contributed by atoms with Gasteiger partial charge < -0.3 is 15.4 Å². The molecule has 0 saturated heterocycles. The second-order valence-electron chi connectivity index (χ2n) is 3.45. The quantitative estimate of drug-likeness (QED) is 0.499. The van der Waals surface area contributed by atoms with E-state index in [2.05, 4.69) is 15.3 Å². The summed E-state index contributed by atoms with van der Waals surface area (Å²) in [6.07, 6.45) is 0. The lowest BCUT2D eigenvalue weighted by molar-refractivity contribution is -0.138. The van der Waals surface area contributed by atoms with Crippen molar-refractivity contribution in [1.29, 1.82) is 0 Å². The molecule has 1 atom stereocenters. The molecule has 1 heterocycles. The van der Waals surface area contributed by atoms with Crippen LogP contribution in [0.4, 0.5) is 0 Å². The first-order chi connectivity index (χ1) is 8.02. The second-order valence-corrected chi connectivity index (χ2v) is 4.46. The van der Waals surface area contributed by atoms with Crippen molar-refractivity contribution in [2.45, 2.75) is 25.0 Å². The van der Waals surface area contributed by atoms with Gasteiger partial charge in [-0.25, -0.2) is 4.98 Å². The second kappa shape index (κ2) is 6.41. The average Bonchev–Trinajstić information content (AvgIpc) is 2.22. The van der Waals surface area contributed by atoms with Gasteiger partial charge in [0, 0.05) is 17.5 Å². The van der Waals surface area contributed by atoms with Crippen molar-refractivity contribution in [1.82, 2.24) is 15.3 Å². The van der Waals surface area contributed by atoms with Crippen LogP contribution >= 0.6 is 11.8 Å². The molecule has 0 aliphatic carbocycles. The lowest BCUT2D eigenvalue weighted by atomic mass is 10.3. The summed E-state index contributed by atoms with van der Waals surface area (Å²) in [7, 11) is 0. The number of hydrogen-bond donors (Lipinski definition) is 3. The van der Waals surface area contributed by atoms with E-state index in [-0.39, 0.29) is 5.56 Å². The van der Waals surface area contributed by atoms with Crippen LogP contribution in [0.15, 0.2) is 16.0 Å². The van der Waals surface area contributed by atoms with Gasteiger partial charge in [0.25, 0.3) is 5.56 Å². The highest BCUT2D eigenvalue weighted by Gasteiger charge is 2.16. The predicted molar refractivity (Wildman–Crippen MR) is 65.4 cm³/mol. The Balaban J connectivity index is 2.65. The number of hydrogen-bond acceptors (Lipinski definition) is 5. The van der Waals surface area contributed by atoms with Crippen LogP contribution in [-0.4, -0.2) is 39.4 Å². The van der Waals surface area contributed by atoms with Gasteiger partial charge in [-0.1, -0.05) is 18.7 Å². The van der Waals surface area contributed by atoms with Gasteiger partial charge in [-0.15, -0.1) is 0 Å². The van der Waals surface area contributed by atoms with Crippen LogP contribution in [0.2, 0.25) is 0 Å². The standard InChI is InChI=1S/C10H15N3O3S/c1-3-11-7(9(15)16)5-17-10-12-6(2)4-8(14)13-10/h4,7,11H,3,5H2,1-2H3,(H,15,16)(H,12,13,14). The molecule has 6 nitrogen and oxygen atoms in total. The maximum Gasteiger partial charge on any atom is 0.321 e. The number of aromatic nitrogens is 2. The van der Waals surface area contributed by atoms with Crippen LogP contribution in [0, 0.1) is 6.92 Å². The zero-order chi connectivity index (χ0) is 12.8. The van der Waals surface area contributed by atoms with Crippen molar-refractivity contribution in [3.63, 3.8) is 0 Å². The Hall–Kier alpha value is -1.34. The molecule has 0 aliphatic rings. The van der Waals surface area contributed by atoms with E-state index in [9.17, 15) is 9.59 Å². The maximum absolute atomic E-state index is 11.2. The van der Waals surface area contributed by atoms with Gasteiger partial charge in [0.15, 0.2) is 5.16 Å². The van der Waals surface area contributed by atoms with E-state index in [1.165, 1.54) is 17.8 Å². The zero-order valence-electron chi connectivity index (χ0n) is 9.69. The Morgan fingerprint density at radius 2 is 2.41 bits per heavy atom. The normalized spacial score (nSPS) is 12.4. The number of aryl methyl sites for hydroxylation is 1. The van der Waals surface area contributed by atoms with Gasteiger partial charge in [-0.05, 0) is 13.5 Å². The molecule has 94 valence electrons. The molecule has 1 aromatic rings. The van der Waals surface area contributed by atoms with Crippen LogP contribution in [0.3, 0.4) is 0 Å². The molecule has 0 bridgehead atoms. The van der Waals surface area contributed by atoms with Crippen molar-refractivity contribution < 1.29 is 9.90 Å². The Morgan fingerprint density at radius 3 is 2.94 bits per heavy atom. The number of thioether (sulfide) groups is 1. The van der Waals surface area contributed by atoms with Gasteiger partial charge >= 0.3 is 5.97 Å². The summed E-state index contributed by atoms with van der Waals surface area (Å²) in [5.41, 5.74) is 0.391. The third-order valence-electron chi connectivity index (χ3n) is 1.98. The largest absolute Gasteiger partial charge is 0.480 e. The Kier molecular flexibility index (Phi) is 5.17. The highest BCUT2D eigenvalue weighted by Crippen LogP contribution is 2.12. The molecule has 3 N–H and O–H groups in total. The first kappa shape index (κ1) is 13.7. The fraction of sp³-hybridized carbons (Fsp3) is 0.500. The molecule has 1 unspecified atom stereocenters. The smallest absolute Gasteiger partial charge is 0.321 e. The zero-order valence-corrected chi connectivity index (χ0v) is 10.5. The van der Waals surface area contributed by atoms with Gasteiger partial charge in [0.1, 0.15) is 6.04 Å². The summed E-state index contributed by atoms with van der Waals surface area (Å²) in [6.45, 7) is 4.14. The Labute approximate surface area is 103 Å². The van der Waals surface area contributed by atoms with Crippen molar-refractivity contribution in [2.75, 3.05) is 12.3 Å². The third-order valence-corrected chi connectivity index (χ3v) is 2.95. The van der Waals surface area contributed by atoms with E-state index < -0.39 is 12.0 Å². The molecule has 0 spiro atoms. The number of rotatable bonds is 6. The van der Waals surface area contributed by atoms with Gasteiger partial charge in [-0.2, -0.15) is 0 Å². The molecule has 17 heavy (non-hydrogen) atoms. The van der Waals surface area contributed by atoms with E-state index in [0.717, 1.165) is 0 Å². The number of nitrogens with zero attached hydrogens (tertiary/aromatic N) is 1. The van der Waals surface area contributed by atoms with Crippen LogP contribution in [0.25, 0.3) is 0 Å². The first-order valence-electron chi connectivity index (χ1n) is 5.20. The van der Waals surface area contributed by atoms with Crippen molar-refractivity contribution in [3.05, 3.63) is 22.1 Å². The highest BCUT2D eigenvalue weighted by atomic mass is 32.2. The van der Waals surface area contributed by atoms with E-state index in [1.807, 2.05) is 6.92 Å². The lowest BCUT2D eigenvalue weighted by Crippen LogP contribution is -2.38. The maximum atomic E-state index is 11.2. The number of carboxylic acid groups (broad SMARTS) is 1. The topological polar surface area (TPSA) is 95.1 Å². The molecular weight excluding hydrogens is 242 g/mol. The number of aliphatic carboxylic acids is 1. The minimum atomic E-state index is -0.908. The summed E-state index contributed by atoms with van der Waals surface area (Å²) in [5, 5.41) is 12.2. The molecule has 0 saturated carbocycles. The van der Waals surface area contributed by atoms with Crippen molar-refractivity contribution >= 4 is 17.7 Å². The lowest BCUT2D eigenvalue weighted by Gasteiger charge is -2.11. The monoisotopic (exact) mass is 257 g/mol. The van der Waals surface area contributed by atoms with Crippen LogP contribution in [0.5, 0.6) is 0 Å². The summed E-state index contributed by atoms with van der Waals surface area (Å²) in [5.74, 6) is -0.593. The fourth-order valence-electron chi connectivity index (χ4n) is 1.25. The van der Waals surface area contributed by atoms with Gasteiger partial charge in [0.05, 0.1) is 0 Å². The van der Waals surface area contributed by atoms with Crippen LogP contribution in [0.1, 0.15) is 12.6 Å².